The van der Waals surface area contributed by atoms with E-state index in [1.807, 2.05) is 37.3 Å². The van der Waals surface area contributed by atoms with E-state index in [9.17, 15) is 4.79 Å². The van der Waals surface area contributed by atoms with Crippen molar-refractivity contribution >= 4 is 22.6 Å². The highest BCUT2D eigenvalue weighted by Gasteiger charge is 2.06. The number of nitrogens with zero attached hydrogens (tertiary/aromatic N) is 1. The number of carboxylic acid groups (broad SMARTS) is 1. The Morgan fingerprint density at radius 1 is 1.18 bits per heavy atom. The fraction of sp³-hybridized carbons (Fsp3) is 0.111. The van der Waals surface area contributed by atoms with Crippen LogP contribution in [-0.2, 0) is 6.54 Å². The van der Waals surface area contributed by atoms with Gasteiger partial charge in [0.1, 0.15) is 0 Å². The van der Waals surface area contributed by atoms with Gasteiger partial charge in [-0.05, 0) is 42.3 Å². The van der Waals surface area contributed by atoms with Crippen LogP contribution in [0.2, 0.25) is 0 Å². The van der Waals surface area contributed by atoms with Crippen molar-refractivity contribution in [2.45, 2.75) is 13.5 Å². The summed E-state index contributed by atoms with van der Waals surface area (Å²) < 4.78 is 0. The summed E-state index contributed by atoms with van der Waals surface area (Å²) in [5.74, 6) is -0.909. The van der Waals surface area contributed by atoms with Gasteiger partial charge < -0.3 is 10.4 Å². The minimum Gasteiger partial charge on any atom is -0.478 e. The highest BCUT2D eigenvalue weighted by molar-refractivity contribution is 5.88. The smallest absolute Gasteiger partial charge is 0.335 e. The highest BCUT2D eigenvalue weighted by Crippen LogP contribution is 2.20. The largest absolute Gasteiger partial charge is 0.478 e. The van der Waals surface area contributed by atoms with E-state index >= 15 is 0 Å². The maximum atomic E-state index is 11.0. The van der Waals surface area contributed by atoms with Crippen LogP contribution >= 0.6 is 0 Å². The summed E-state index contributed by atoms with van der Waals surface area (Å²) in [7, 11) is 0. The minimum absolute atomic E-state index is 0.301. The summed E-state index contributed by atoms with van der Waals surface area (Å²) >= 11 is 0. The molecule has 0 atom stereocenters. The van der Waals surface area contributed by atoms with Crippen LogP contribution in [0.4, 0.5) is 5.69 Å². The van der Waals surface area contributed by atoms with E-state index in [0.29, 0.717) is 12.1 Å². The maximum Gasteiger partial charge on any atom is 0.335 e. The molecule has 0 spiro atoms. The Bertz CT molecular complexity index is 838. The second-order valence-corrected chi connectivity index (χ2v) is 5.18. The first-order valence-corrected chi connectivity index (χ1v) is 7.05. The maximum absolute atomic E-state index is 11.0. The van der Waals surface area contributed by atoms with E-state index in [0.717, 1.165) is 27.7 Å². The first kappa shape index (κ1) is 14.1. The lowest BCUT2D eigenvalue weighted by Crippen LogP contribution is -2.04. The van der Waals surface area contributed by atoms with Crippen LogP contribution in [0.3, 0.4) is 0 Å². The molecule has 0 aliphatic rings. The average Bonchev–Trinajstić information content (AvgIpc) is 2.53. The van der Waals surface area contributed by atoms with E-state index in [1.165, 1.54) is 0 Å². The number of anilines is 1. The molecule has 3 aromatic rings. The fourth-order valence-electron chi connectivity index (χ4n) is 2.50. The predicted molar refractivity (Wildman–Crippen MR) is 87.2 cm³/mol. The summed E-state index contributed by atoms with van der Waals surface area (Å²) in [5, 5.41) is 13.5. The van der Waals surface area contributed by atoms with Crippen molar-refractivity contribution in [3.63, 3.8) is 0 Å². The number of carboxylic acids is 1. The summed E-state index contributed by atoms with van der Waals surface area (Å²) in [4.78, 5) is 15.4. The standard InChI is InChI=1S/C18H16N2O2/c1-12-10-14(18(21)22)7-8-16(12)20-11-15-5-2-4-13-6-3-9-19-17(13)15/h2-10,20H,11H2,1H3,(H,21,22). The monoisotopic (exact) mass is 292 g/mol. The SMILES string of the molecule is Cc1cc(C(=O)O)ccc1NCc1cccc2cccnc12. The second-order valence-electron chi connectivity index (χ2n) is 5.18. The lowest BCUT2D eigenvalue weighted by Gasteiger charge is -2.11. The van der Waals surface area contributed by atoms with E-state index in [1.54, 1.807) is 24.4 Å². The van der Waals surface area contributed by atoms with E-state index < -0.39 is 5.97 Å². The number of para-hydroxylation sites is 1. The summed E-state index contributed by atoms with van der Waals surface area (Å²) in [6, 6.07) is 15.2. The molecule has 0 saturated carbocycles. The van der Waals surface area contributed by atoms with E-state index in [2.05, 4.69) is 10.3 Å². The van der Waals surface area contributed by atoms with Crippen LogP contribution in [0.1, 0.15) is 21.5 Å². The molecule has 0 radical (unpaired) electrons. The number of benzene rings is 2. The van der Waals surface area contributed by atoms with E-state index in [-0.39, 0.29) is 0 Å². The third-order valence-electron chi connectivity index (χ3n) is 3.66. The summed E-state index contributed by atoms with van der Waals surface area (Å²) in [6.45, 7) is 2.54. The Balaban J connectivity index is 1.84. The molecule has 4 nitrogen and oxygen atoms in total. The molecule has 4 heteroatoms. The zero-order chi connectivity index (χ0) is 15.5. The number of aromatic carboxylic acids is 1. The molecule has 22 heavy (non-hydrogen) atoms. The molecule has 2 N–H and O–H groups in total. The molecule has 0 aliphatic heterocycles. The molecule has 0 amide bonds. The molecule has 0 unspecified atom stereocenters. The predicted octanol–water partition coefficient (Wildman–Crippen LogP) is 3.85. The van der Waals surface area contributed by atoms with Gasteiger partial charge in [-0.2, -0.15) is 0 Å². The van der Waals surface area contributed by atoms with Crippen LogP contribution in [-0.4, -0.2) is 16.1 Å². The van der Waals surface area contributed by atoms with Crippen LogP contribution < -0.4 is 5.32 Å². The Morgan fingerprint density at radius 2 is 2.00 bits per heavy atom. The molecule has 3 rings (SSSR count). The number of pyridine rings is 1. The molecule has 0 fully saturated rings. The number of hydrogen-bond acceptors (Lipinski definition) is 3. The number of rotatable bonds is 4. The van der Waals surface area contributed by atoms with Gasteiger partial charge >= 0.3 is 5.97 Å². The second kappa shape index (κ2) is 5.85. The van der Waals surface area contributed by atoms with Gasteiger partial charge in [-0.15, -0.1) is 0 Å². The van der Waals surface area contributed by atoms with Crippen molar-refractivity contribution in [2.75, 3.05) is 5.32 Å². The normalized spacial score (nSPS) is 10.6. The molecule has 110 valence electrons. The van der Waals surface area contributed by atoms with Gasteiger partial charge in [0, 0.05) is 23.8 Å². The zero-order valence-electron chi connectivity index (χ0n) is 12.2. The summed E-state index contributed by atoms with van der Waals surface area (Å²) in [6.07, 6.45) is 1.79. The first-order valence-electron chi connectivity index (χ1n) is 7.05. The van der Waals surface area contributed by atoms with Crippen LogP contribution in [0, 0.1) is 6.92 Å². The number of hydrogen-bond donors (Lipinski definition) is 2. The van der Waals surface area contributed by atoms with Crippen LogP contribution in [0.15, 0.2) is 54.7 Å². The number of fused-ring (bicyclic) bond motifs is 1. The number of aromatic nitrogens is 1. The highest BCUT2D eigenvalue weighted by atomic mass is 16.4. The molecular weight excluding hydrogens is 276 g/mol. The van der Waals surface area contributed by atoms with Gasteiger partial charge in [0.05, 0.1) is 11.1 Å². The van der Waals surface area contributed by atoms with Gasteiger partial charge in [-0.1, -0.05) is 24.3 Å². The Kier molecular flexibility index (Phi) is 3.74. The molecule has 1 heterocycles. The van der Waals surface area contributed by atoms with Crippen molar-refractivity contribution in [3.05, 3.63) is 71.4 Å². The van der Waals surface area contributed by atoms with Crippen molar-refractivity contribution < 1.29 is 9.90 Å². The van der Waals surface area contributed by atoms with Crippen molar-refractivity contribution in [2.24, 2.45) is 0 Å². The van der Waals surface area contributed by atoms with Gasteiger partial charge in [0.25, 0.3) is 0 Å². The molecule has 0 bridgehead atoms. The third kappa shape index (κ3) is 2.76. The molecule has 2 aromatic carbocycles. The molecule has 1 aromatic heterocycles. The number of carbonyl (C=O) groups is 1. The third-order valence-corrected chi connectivity index (χ3v) is 3.66. The molecule has 0 aliphatic carbocycles. The lowest BCUT2D eigenvalue weighted by molar-refractivity contribution is 0.0697. The number of nitrogens with one attached hydrogen (secondary N) is 1. The Labute approximate surface area is 128 Å². The lowest BCUT2D eigenvalue weighted by atomic mass is 10.1. The zero-order valence-corrected chi connectivity index (χ0v) is 12.2. The topological polar surface area (TPSA) is 62.2 Å². The fourth-order valence-corrected chi connectivity index (χ4v) is 2.50. The molecular formula is C18H16N2O2. The number of aryl methyl sites for hydroxylation is 1. The van der Waals surface area contributed by atoms with Crippen molar-refractivity contribution in [3.8, 4) is 0 Å². The summed E-state index contributed by atoms with van der Waals surface area (Å²) in [5.41, 5.74) is 4.23. The van der Waals surface area contributed by atoms with Gasteiger partial charge in [0.2, 0.25) is 0 Å². The van der Waals surface area contributed by atoms with Gasteiger partial charge in [-0.25, -0.2) is 4.79 Å². The van der Waals surface area contributed by atoms with Crippen molar-refractivity contribution in [1.29, 1.82) is 0 Å². The van der Waals surface area contributed by atoms with Crippen LogP contribution in [0.5, 0.6) is 0 Å². The minimum atomic E-state index is -0.909. The van der Waals surface area contributed by atoms with Gasteiger partial charge in [-0.3, -0.25) is 4.98 Å². The van der Waals surface area contributed by atoms with Crippen molar-refractivity contribution in [1.82, 2.24) is 4.98 Å². The Morgan fingerprint density at radius 3 is 2.77 bits per heavy atom. The quantitative estimate of drug-likeness (QED) is 0.766. The van der Waals surface area contributed by atoms with Gasteiger partial charge in [0.15, 0.2) is 0 Å². The Hall–Kier alpha value is -2.88. The first-order chi connectivity index (χ1) is 10.6. The van der Waals surface area contributed by atoms with Crippen LogP contribution in [0.25, 0.3) is 10.9 Å². The average molecular weight is 292 g/mol. The van der Waals surface area contributed by atoms with E-state index in [4.69, 9.17) is 5.11 Å². The molecule has 0 saturated heterocycles.